The number of nitrogens with zero attached hydrogens (tertiary/aromatic N) is 2. The highest BCUT2D eigenvalue weighted by atomic mass is 35.5. The number of aryl methyl sites for hydroxylation is 1. The predicted octanol–water partition coefficient (Wildman–Crippen LogP) is 7.50. The Bertz CT molecular complexity index is 1790. The molecule has 0 bridgehead atoms. The zero-order valence-corrected chi connectivity index (χ0v) is 28.9. The Morgan fingerprint density at radius 2 is 1.43 bits per heavy atom. The van der Waals surface area contributed by atoms with Crippen molar-refractivity contribution >= 4 is 50.7 Å². The molecule has 10 heteroatoms. The molecule has 1 saturated carbocycles. The Hall–Kier alpha value is -3.85. The van der Waals surface area contributed by atoms with Crippen LogP contribution in [0, 0.1) is 13.8 Å². The van der Waals surface area contributed by atoms with E-state index < -0.39 is 28.5 Å². The molecule has 1 N–H and O–H groups in total. The summed E-state index contributed by atoms with van der Waals surface area (Å²) in [5.41, 5.74) is 3.31. The molecule has 5 rings (SSSR count). The molecule has 2 amide bonds. The molecule has 1 atom stereocenters. The fourth-order valence-electron chi connectivity index (χ4n) is 6.01. The highest BCUT2D eigenvalue weighted by molar-refractivity contribution is 7.92. The van der Waals surface area contributed by atoms with E-state index in [4.69, 9.17) is 23.2 Å². The van der Waals surface area contributed by atoms with Gasteiger partial charge in [0.2, 0.25) is 11.8 Å². The van der Waals surface area contributed by atoms with Crippen LogP contribution in [0.4, 0.5) is 5.69 Å². The summed E-state index contributed by atoms with van der Waals surface area (Å²) in [4.78, 5) is 30.4. The number of carbonyl (C=O) groups excluding carboxylic acids is 2. The lowest BCUT2D eigenvalue weighted by atomic mass is 10.0. The van der Waals surface area contributed by atoms with Gasteiger partial charge in [-0.3, -0.25) is 13.9 Å². The first-order valence-electron chi connectivity index (χ1n) is 15.8. The summed E-state index contributed by atoms with van der Waals surface area (Å²) < 4.78 is 29.7. The van der Waals surface area contributed by atoms with Crippen molar-refractivity contribution in [3.8, 4) is 0 Å². The second kappa shape index (κ2) is 15.4. The van der Waals surface area contributed by atoms with E-state index in [9.17, 15) is 18.0 Å². The van der Waals surface area contributed by atoms with Crippen LogP contribution >= 0.6 is 23.2 Å². The van der Waals surface area contributed by atoms with Crippen molar-refractivity contribution in [3.05, 3.63) is 129 Å². The number of hydrogen-bond acceptors (Lipinski definition) is 4. The van der Waals surface area contributed by atoms with E-state index in [0.717, 1.165) is 46.7 Å². The van der Waals surface area contributed by atoms with Gasteiger partial charge in [0.25, 0.3) is 10.0 Å². The van der Waals surface area contributed by atoms with Gasteiger partial charge in [-0.25, -0.2) is 8.42 Å². The van der Waals surface area contributed by atoms with E-state index in [2.05, 4.69) is 5.32 Å². The van der Waals surface area contributed by atoms with Crippen LogP contribution in [0.25, 0.3) is 0 Å². The maximum absolute atomic E-state index is 14.8. The number of carbonyl (C=O) groups is 2. The third-order valence-electron chi connectivity index (χ3n) is 8.82. The Morgan fingerprint density at radius 1 is 0.830 bits per heavy atom. The minimum atomic E-state index is -4.20. The number of rotatable bonds is 12. The maximum atomic E-state index is 14.8. The first kappa shape index (κ1) is 34.5. The lowest BCUT2D eigenvalue weighted by molar-refractivity contribution is -0.140. The predicted molar refractivity (Wildman–Crippen MR) is 188 cm³/mol. The van der Waals surface area contributed by atoms with Gasteiger partial charge in [-0.1, -0.05) is 103 Å². The van der Waals surface area contributed by atoms with Crippen molar-refractivity contribution in [3.63, 3.8) is 0 Å². The molecule has 0 aliphatic heterocycles. The summed E-state index contributed by atoms with van der Waals surface area (Å²) in [5.74, 6) is -0.870. The zero-order chi connectivity index (χ0) is 33.6. The highest BCUT2D eigenvalue weighted by Crippen LogP contribution is 2.31. The molecule has 0 spiro atoms. The molecule has 1 aliphatic rings. The summed E-state index contributed by atoms with van der Waals surface area (Å²) in [6.45, 7) is 3.07. The molecular formula is C37H39Cl2N3O4S. The molecule has 0 heterocycles. The summed E-state index contributed by atoms with van der Waals surface area (Å²) in [6, 6.07) is 27.0. The van der Waals surface area contributed by atoms with Gasteiger partial charge in [0.05, 0.1) is 10.6 Å². The van der Waals surface area contributed by atoms with Crippen LogP contribution in [-0.2, 0) is 32.6 Å². The first-order valence-corrected chi connectivity index (χ1v) is 18.0. The van der Waals surface area contributed by atoms with Crippen LogP contribution in [0.1, 0.15) is 47.9 Å². The monoisotopic (exact) mass is 691 g/mol. The third-order valence-corrected chi connectivity index (χ3v) is 11.3. The SMILES string of the molecule is Cc1cccc(N(CC(=O)N(Cc2c(Cl)cccc2Cl)[C@@H](Cc2ccccc2)C(=O)NC2CCCC2)S(=O)(=O)c2ccccc2)c1C. The van der Waals surface area contributed by atoms with Gasteiger partial charge in [0.15, 0.2) is 0 Å². The largest absolute Gasteiger partial charge is 0.352 e. The molecule has 1 aliphatic carbocycles. The number of halogens is 2. The fourth-order valence-corrected chi connectivity index (χ4v) is 8.02. The normalized spacial score (nSPS) is 14.0. The maximum Gasteiger partial charge on any atom is 0.264 e. The molecule has 4 aromatic carbocycles. The van der Waals surface area contributed by atoms with Gasteiger partial charge in [-0.2, -0.15) is 0 Å². The molecule has 246 valence electrons. The van der Waals surface area contributed by atoms with Crippen molar-refractivity contribution in [1.82, 2.24) is 10.2 Å². The van der Waals surface area contributed by atoms with E-state index in [1.807, 2.05) is 50.2 Å². The molecule has 0 unspecified atom stereocenters. The second-order valence-electron chi connectivity index (χ2n) is 12.0. The van der Waals surface area contributed by atoms with Crippen LogP contribution in [0.2, 0.25) is 10.0 Å². The van der Waals surface area contributed by atoms with Crippen molar-refractivity contribution in [1.29, 1.82) is 0 Å². The number of amides is 2. The Labute approximate surface area is 287 Å². The fraction of sp³-hybridized carbons (Fsp3) is 0.297. The van der Waals surface area contributed by atoms with Crippen LogP contribution in [-0.4, -0.2) is 43.8 Å². The van der Waals surface area contributed by atoms with Crippen LogP contribution in [0.15, 0.2) is 102 Å². The zero-order valence-electron chi connectivity index (χ0n) is 26.5. The molecule has 0 radical (unpaired) electrons. The summed E-state index contributed by atoms with van der Waals surface area (Å²) >= 11 is 13.2. The molecular weight excluding hydrogens is 653 g/mol. The number of hydrogen-bond donors (Lipinski definition) is 1. The molecule has 47 heavy (non-hydrogen) atoms. The summed E-state index contributed by atoms with van der Waals surface area (Å²) in [6.07, 6.45) is 3.98. The molecule has 1 fully saturated rings. The number of anilines is 1. The van der Waals surface area contributed by atoms with E-state index in [0.29, 0.717) is 21.3 Å². The smallest absolute Gasteiger partial charge is 0.264 e. The number of nitrogens with one attached hydrogen (secondary N) is 1. The minimum absolute atomic E-state index is 0.00604. The van der Waals surface area contributed by atoms with Crippen molar-refractivity contribution in [2.24, 2.45) is 0 Å². The number of sulfonamides is 1. The molecule has 0 saturated heterocycles. The van der Waals surface area contributed by atoms with Crippen LogP contribution in [0.3, 0.4) is 0 Å². The molecule has 4 aromatic rings. The minimum Gasteiger partial charge on any atom is -0.352 e. The lowest BCUT2D eigenvalue weighted by Gasteiger charge is -2.35. The third kappa shape index (κ3) is 8.18. The average molecular weight is 693 g/mol. The van der Waals surface area contributed by atoms with Gasteiger partial charge >= 0.3 is 0 Å². The van der Waals surface area contributed by atoms with E-state index in [1.165, 1.54) is 17.0 Å². The van der Waals surface area contributed by atoms with Crippen molar-refractivity contribution in [2.45, 2.75) is 69.5 Å². The quantitative estimate of drug-likeness (QED) is 0.167. The first-order chi connectivity index (χ1) is 22.6. The lowest BCUT2D eigenvalue weighted by Crippen LogP contribution is -2.54. The van der Waals surface area contributed by atoms with Crippen LogP contribution < -0.4 is 9.62 Å². The average Bonchev–Trinajstić information content (AvgIpc) is 3.58. The Morgan fingerprint density at radius 3 is 2.06 bits per heavy atom. The van der Waals surface area contributed by atoms with Gasteiger partial charge < -0.3 is 10.2 Å². The second-order valence-corrected chi connectivity index (χ2v) is 14.6. The van der Waals surface area contributed by atoms with E-state index >= 15 is 0 Å². The van der Waals surface area contributed by atoms with Crippen LogP contribution in [0.5, 0.6) is 0 Å². The van der Waals surface area contributed by atoms with Gasteiger partial charge in [0, 0.05) is 34.6 Å². The van der Waals surface area contributed by atoms with Gasteiger partial charge in [-0.05, 0) is 73.7 Å². The Balaban J connectivity index is 1.61. The van der Waals surface area contributed by atoms with Crippen molar-refractivity contribution in [2.75, 3.05) is 10.8 Å². The van der Waals surface area contributed by atoms with Gasteiger partial charge in [0.1, 0.15) is 12.6 Å². The molecule has 7 nitrogen and oxygen atoms in total. The number of benzene rings is 4. The molecule has 0 aromatic heterocycles. The van der Waals surface area contributed by atoms with Gasteiger partial charge in [-0.15, -0.1) is 0 Å². The highest BCUT2D eigenvalue weighted by Gasteiger charge is 2.36. The summed E-state index contributed by atoms with van der Waals surface area (Å²) in [5, 5.41) is 3.86. The Kier molecular flexibility index (Phi) is 11.3. The van der Waals surface area contributed by atoms with E-state index in [-0.39, 0.29) is 29.8 Å². The van der Waals surface area contributed by atoms with Crippen molar-refractivity contribution < 1.29 is 18.0 Å². The summed E-state index contributed by atoms with van der Waals surface area (Å²) in [7, 11) is -4.20. The standard InChI is InChI=1S/C37H39Cl2N3O4S/c1-26-13-11-22-34(27(26)2)42(47(45,46)30-18-7-4-8-19-30)25-36(43)41(24-31-32(38)20-12-21-33(31)39)35(23-28-14-5-3-6-15-28)37(44)40-29-16-9-10-17-29/h3-8,11-15,18-22,29,35H,9-10,16-17,23-25H2,1-2H3,(H,40,44)/t35-/m0/s1. The van der Waals surface area contributed by atoms with E-state index in [1.54, 1.807) is 48.5 Å². The topological polar surface area (TPSA) is 86.8 Å².